The SMILES string of the molecule is Cc1ccc(C[NH+](C)CC(=O)Nc2ccc(F)cc2F)cc1. The molecule has 0 radical (unpaired) electrons. The number of carbonyl (C=O) groups excluding carboxylic acids is 1. The molecule has 2 N–H and O–H groups in total. The highest BCUT2D eigenvalue weighted by Crippen LogP contribution is 2.14. The second kappa shape index (κ2) is 7.13. The van der Waals surface area contributed by atoms with Gasteiger partial charge in [-0.3, -0.25) is 4.79 Å². The Bertz CT molecular complexity index is 656. The molecular formula is C17H19F2N2O+. The molecule has 0 saturated carbocycles. The lowest BCUT2D eigenvalue weighted by atomic mass is 10.1. The summed E-state index contributed by atoms with van der Waals surface area (Å²) >= 11 is 0. The second-order valence-corrected chi connectivity index (χ2v) is 5.47. The number of hydrogen-bond acceptors (Lipinski definition) is 1. The predicted octanol–water partition coefficient (Wildman–Crippen LogP) is 1.93. The van der Waals surface area contributed by atoms with E-state index < -0.39 is 11.6 Å². The normalized spacial score (nSPS) is 12.0. The third-order valence-electron chi connectivity index (χ3n) is 3.29. The van der Waals surface area contributed by atoms with E-state index in [-0.39, 0.29) is 18.1 Å². The highest BCUT2D eigenvalue weighted by molar-refractivity contribution is 5.91. The molecule has 0 heterocycles. The summed E-state index contributed by atoms with van der Waals surface area (Å²) in [5.41, 5.74) is 2.31. The first-order chi connectivity index (χ1) is 10.4. The molecule has 1 atom stereocenters. The molecule has 0 bridgehead atoms. The molecule has 2 rings (SSSR count). The Morgan fingerprint density at radius 1 is 1.14 bits per heavy atom. The summed E-state index contributed by atoms with van der Waals surface area (Å²) in [4.78, 5) is 12.9. The van der Waals surface area contributed by atoms with Crippen LogP contribution in [0.1, 0.15) is 11.1 Å². The minimum Gasteiger partial charge on any atom is -0.326 e. The molecular weight excluding hydrogens is 286 g/mol. The van der Waals surface area contributed by atoms with Crippen molar-refractivity contribution in [3.63, 3.8) is 0 Å². The number of nitrogens with one attached hydrogen (secondary N) is 2. The third kappa shape index (κ3) is 4.63. The lowest BCUT2D eigenvalue weighted by molar-refractivity contribution is -0.885. The zero-order valence-corrected chi connectivity index (χ0v) is 12.6. The Morgan fingerprint density at radius 2 is 1.82 bits per heavy atom. The van der Waals surface area contributed by atoms with E-state index in [0.29, 0.717) is 6.54 Å². The van der Waals surface area contributed by atoms with E-state index in [2.05, 4.69) is 5.32 Å². The summed E-state index contributed by atoms with van der Waals surface area (Å²) in [6, 6.07) is 11.2. The molecule has 1 unspecified atom stereocenters. The minimum atomic E-state index is -0.774. The van der Waals surface area contributed by atoms with E-state index in [1.165, 1.54) is 11.6 Å². The fraction of sp³-hybridized carbons (Fsp3) is 0.235. The zero-order chi connectivity index (χ0) is 16.1. The van der Waals surface area contributed by atoms with Gasteiger partial charge in [0.05, 0.1) is 12.7 Å². The summed E-state index contributed by atoms with van der Waals surface area (Å²) in [7, 11) is 1.89. The van der Waals surface area contributed by atoms with Crippen LogP contribution in [0.4, 0.5) is 14.5 Å². The van der Waals surface area contributed by atoms with Gasteiger partial charge in [0.2, 0.25) is 0 Å². The molecule has 0 saturated heterocycles. The highest BCUT2D eigenvalue weighted by Gasteiger charge is 2.13. The molecule has 0 spiro atoms. The van der Waals surface area contributed by atoms with Gasteiger partial charge < -0.3 is 10.2 Å². The van der Waals surface area contributed by atoms with Gasteiger partial charge in [0.25, 0.3) is 5.91 Å². The third-order valence-corrected chi connectivity index (χ3v) is 3.29. The van der Waals surface area contributed by atoms with Crippen molar-refractivity contribution in [3.05, 3.63) is 65.2 Å². The van der Waals surface area contributed by atoms with E-state index in [1.807, 2.05) is 38.2 Å². The molecule has 0 fully saturated rings. The quantitative estimate of drug-likeness (QED) is 0.869. The number of carbonyl (C=O) groups is 1. The van der Waals surface area contributed by atoms with Crippen LogP contribution >= 0.6 is 0 Å². The Balaban J connectivity index is 1.89. The van der Waals surface area contributed by atoms with Crippen LogP contribution in [-0.2, 0) is 11.3 Å². The number of likely N-dealkylation sites (N-methyl/N-ethyl adjacent to an activating group) is 1. The summed E-state index contributed by atoms with van der Waals surface area (Å²) in [5, 5.41) is 2.46. The first-order valence-electron chi connectivity index (χ1n) is 7.06. The van der Waals surface area contributed by atoms with Gasteiger partial charge in [0, 0.05) is 11.6 Å². The average molecular weight is 305 g/mol. The standard InChI is InChI=1S/C17H18F2N2O/c1-12-3-5-13(6-4-12)10-21(2)11-17(22)20-16-8-7-14(18)9-15(16)19/h3-9H,10-11H2,1-2H3,(H,20,22)/p+1. The smallest absolute Gasteiger partial charge is 0.279 e. The van der Waals surface area contributed by atoms with Crippen LogP contribution in [0.2, 0.25) is 0 Å². The van der Waals surface area contributed by atoms with E-state index in [9.17, 15) is 13.6 Å². The molecule has 0 aliphatic heterocycles. The Morgan fingerprint density at radius 3 is 2.45 bits per heavy atom. The lowest BCUT2D eigenvalue weighted by Crippen LogP contribution is -3.08. The molecule has 0 aliphatic rings. The molecule has 0 aromatic heterocycles. The van der Waals surface area contributed by atoms with Gasteiger partial charge in [-0.15, -0.1) is 0 Å². The molecule has 22 heavy (non-hydrogen) atoms. The van der Waals surface area contributed by atoms with Gasteiger partial charge >= 0.3 is 0 Å². The van der Waals surface area contributed by atoms with Crippen molar-refractivity contribution >= 4 is 11.6 Å². The van der Waals surface area contributed by atoms with Crippen LogP contribution in [0.25, 0.3) is 0 Å². The maximum Gasteiger partial charge on any atom is 0.279 e. The minimum absolute atomic E-state index is 0.00506. The van der Waals surface area contributed by atoms with Gasteiger partial charge in [0.15, 0.2) is 6.54 Å². The molecule has 2 aromatic carbocycles. The molecule has 2 aromatic rings. The van der Waals surface area contributed by atoms with Crippen molar-refractivity contribution in [1.82, 2.24) is 0 Å². The zero-order valence-electron chi connectivity index (χ0n) is 12.6. The van der Waals surface area contributed by atoms with Crippen molar-refractivity contribution in [3.8, 4) is 0 Å². The number of hydrogen-bond donors (Lipinski definition) is 2. The van der Waals surface area contributed by atoms with E-state index in [0.717, 1.165) is 22.6 Å². The van der Waals surface area contributed by atoms with Crippen molar-refractivity contribution in [2.24, 2.45) is 0 Å². The molecule has 1 amide bonds. The van der Waals surface area contributed by atoms with E-state index in [4.69, 9.17) is 0 Å². The number of anilines is 1. The van der Waals surface area contributed by atoms with Gasteiger partial charge in [-0.25, -0.2) is 8.78 Å². The molecule has 3 nitrogen and oxygen atoms in total. The predicted molar refractivity (Wildman–Crippen MR) is 81.6 cm³/mol. The molecule has 116 valence electrons. The Labute approximate surface area is 128 Å². The largest absolute Gasteiger partial charge is 0.326 e. The first kappa shape index (κ1) is 16.1. The van der Waals surface area contributed by atoms with Gasteiger partial charge in [-0.1, -0.05) is 29.8 Å². The summed E-state index contributed by atoms with van der Waals surface area (Å²) < 4.78 is 26.3. The van der Waals surface area contributed by atoms with Crippen LogP contribution in [0.15, 0.2) is 42.5 Å². The first-order valence-corrected chi connectivity index (χ1v) is 7.06. The number of rotatable bonds is 5. The monoisotopic (exact) mass is 305 g/mol. The lowest BCUT2D eigenvalue weighted by Gasteiger charge is -2.14. The topological polar surface area (TPSA) is 33.5 Å². The van der Waals surface area contributed by atoms with Crippen LogP contribution < -0.4 is 10.2 Å². The van der Waals surface area contributed by atoms with Crippen LogP contribution in [0, 0.1) is 18.6 Å². The summed E-state index contributed by atoms with van der Waals surface area (Å²) in [6.45, 7) is 2.91. The van der Waals surface area contributed by atoms with Crippen LogP contribution in [-0.4, -0.2) is 19.5 Å². The fourth-order valence-electron chi connectivity index (χ4n) is 2.18. The van der Waals surface area contributed by atoms with Crippen LogP contribution in [0.5, 0.6) is 0 Å². The van der Waals surface area contributed by atoms with Crippen molar-refractivity contribution in [2.45, 2.75) is 13.5 Å². The summed E-state index contributed by atoms with van der Waals surface area (Å²) in [6.07, 6.45) is 0. The van der Waals surface area contributed by atoms with Crippen molar-refractivity contribution in [2.75, 3.05) is 18.9 Å². The molecule has 0 aliphatic carbocycles. The number of benzene rings is 2. The highest BCUT2D eigenvalue weighted by atomic mass is 19.1. The molecule has 5 heteroatoms. The number of quaternary nitrogens is 1. The van der Waals surface area contributed by atoms with Gasteiger partial charge in [-0.2, -0.15) is 0 Å². The number of aryl methyl sites for hydroxylation is 1. The number of amides is 1. The Kier molecular flexibility index (Phi) is 5.22. The maximum absolute atomic E-state index is 13.5. The van der Waals surface area contributed by atoms with Crippen molar-refractivity contribution < 1.29 is 18.5 Å². The average Bonchev–Trinajstić information content (AvgIpc) is 2.44. The Hall–Kier alpha value is -2.27. The maximum atomic E-state index is 13.5. The second-order valence-electron chi connectivity index (χ2n) is 5.47. The van der Waals surface area contributed by atoms with Crippen LogP contribution in [0.3, 0.4) is 0 Å². The van der Waals surface area contributed by atoms with Crippen molar-refractivity contribution in [1.29, 1.82) is 0 Å². The summed E-state index contributed by atoms with van der Waals surface area (Å²) in [5.74, 6) is -1.75. The van der Waals surface area contributed by atoms with E-state index >= 15 is 0 Å². The van der Waals surface area contributed by atoms with Gasteiger partial charge in [-0.05, 0) is 19.1 Å². The fourth-order valence-corrected chi connectivity index (χ4v) is 2.18. The van der Waals surface area contributed by atoms with Gasteiger partial charge in [0.1, 0.15) is 18.2 Å². The van der Waals surface area contributed by atoms with E-state index in [1.54, 1.807) is 0 Å². The number of halogens is 2.